The van der Waals surface area contributed by atoms with Gasteiger partial charge in [0.05, 0.1) is 10.8 Å². The summed E-state index contributed by atoms with van der Waals surface area (Å²) in [5.41, 5.74) is 6.99. The first kappa shape index (κ1) is 33.3. The Kier molecular flexibility index (Phi) is 10.6. The minimum absolute atomic E-state index is 0.673. The van der Waals surface area contributed by atoms with Crippen LogP contribution in [0.3, 0.4) is 0 Å². The summed E-state index contributed by atoms with van der Waals surface area (Å²) in [5.74, 6) is 0. The Morgan fingerprint density at radius 2 is 0.795 bits per heavy atom. The molecule has 0 aromatic heterocycles. The molecule has 0 heterocycles. The number of halogens is 2. The van der Waals surface area contributed by atoms with Crippen LogP contribution in [0.1, 0.15) is 22.3 Å². The van der Waals surface area contributed by atoms with E-state index >= 15 is 0 Å². The second kappa shape index (κ2) is 14.0. The van der Waals surface area contributed by atoms with Gasteiger partial charge in [-0.1, -0.05) is 54.6 Å². The van der Waals surface area contributed by atoms with Gasteiger partial charge in [0.25, 0.3) is 0 Å². The van der Waals surface area contributed by atoms with Crippen LogP contribution in [0, 0.1) is 0 Å². The molecule has 7 heteroatoms. The van der Waals surface area contributed by atoms with E-state index in [2.05, 4.69) is 58.3 Å². The predicted octanol–water partition coefficient (Wildman–Crippen LogP) is 7.53. The lowest BCUT2D eigenvalue weighted by Crippen LogP contribution is -2.42. The lowest BCUT2D eigenvalue weighted by Gasteiger charge is -2.36. The third-order valence-electron chi connectivity index (χ3n) is 8.04. The molecular weight excluding hydrogens is 587 g/mol. The number of anilines is 4. The van der Waals surface area contributed by atoms with E-state index in [1.807, 2.05) is 121 Å². The maximum Gasteiger partial charge on any atom is 0.133 e. The summed E-state index contributed by atoms with van der Waals surface area (Å²) < 4.78 is 0. The Morgan fingerprint density at radius 3 is 1.07 bits per heavy atom. The largest absolute Gasteiger partial charge is 0.379 e. The quantitative estimate of drug-likeness (QED) is 0.173. The molecule has 0 fully saturated rings. The molecule has 0 aliphatic heterocycles. The van der Waals surface area contributed by atoms with Crippen molar-refractivity contribution in [1.29, 1.82) is 0 Å². The van der Waals surface area contributed by atoms with E-state index < -0.39 is 16.4 Å². The topological polar surface area (TPSA) is 33.2 Å². The molecule has 0 amide bonds. The second-order valence-corrected chi connectivity index (χ2v) is 12.9. The Bertz CT molecular complexity index is 1420. The molecule has 1 N–H and O–H groups in total. The Balaban J connectivity index is 1.83. The first-order valence-electron chi connectivity index (χ1n) is 14.7. The minimum atomic E-state index is -1.57. The lowest BCUT2D eigenvalue weighted by molar-refractivity contribution is 0.0772. The number of alkyl halides is 2. The number of allylic oxidation sites excluding steroid dienone is 1. The smallest absolute Gasteiger partial charge is 0.133 e. The summed E-state index contributed by atoms with van der Waals surface area (Å²) >= 11 is 14.5. The first-order valence-corrected chi connectivity index (χ1v) is 15.5. The van der Waals surface area contributed by atoms with E-state index in [1.165, 1.54) is 0 Å². The van der Waals surface area contributed by atoms with Gasteiger partial charge in [0.1, 0.15) is 5.60 Å². The summed E-state index contributed by atoms with van der Waals surface area (Å²) in [4.78, 5) is 8.19. The zero-order chi connectivity index (χ0) is 32.2. The van der Waals surface area contributed by atoms with Crippen molar-refractivity contribution in [1.82, 2.24) is 0 Å². The van der Waals surface area contributed by atoms with Gasteiger partial charge in [-0.2, -0.15) is 0 Å². The van der Waals surface area contributed by atoms with Crippen LogP contribution in [0.5, 0.6) is 0 Å². The fourth-order valence-corrected chi connectivity index (χ4v) is 5.86. The molecule has 5 nitrogen and oxygen atoms in total. The van der Waals surface area contributed by atoms with Crippen LogP contribution in [0.25, 0.3) is 5.57 Å². The van der Waals surface area contributed by atoms with Gasteiger partial charge in [0.15, 0.2) is 0 Å². The molecule has 4 aromatic carbocycles. The summed E-state index contributed by atoms with van der Waals surface area (Å²) in [6, 6.07) is 32.4. The molecular formula is C37H44Cl2N4O. The average molecular weight is 632 g/mol. The molecule has 0 bridgehead atoms. The molecule has 2 unspecified atom stereocenters. The molecule has 0 saturated carbocycles. The van der Waals surface area contributed by atoms with Crippen molar-refractivity contribution < 1.29 is 5.11 Å². The number of hydrogen-bond acceptors (Lipinski definition) is 5. The molecule has 0 aliphatic rings. The van der Waals surface area contributed by atoms with Gasteiger partial charge in [-0.15, -0.1) is 23.2 Å². The van der Waals surface area contributed by atoms with Crippen LogP contribution in [0.4, 0.5) is 22.7 Å². The average Bonchev–Trinajstić information content (AvgIpc) is 3.03. The number of rotatable bonds is 11. The van der Waals surface area contributed by atoms with Crippen molar-refractivity contribution in [3.8, 4) is 0 Å². The zero-order valence-electron chi connectivity index (χ0n) is 27.0. The number of benzene rings is 4. The molecule has 2 atom stereocenters. The molecule has 0 spiro atoms. The fourth-order valence-electron chi connectivity index (χ4n) is 5.22. The van der Waals surface area contributed by atoms with Crippen LogP contribution in [0.2, 0.25) is 0 Å². The summed E-state index contributed by atoms with van der Waals surface area (Å²) in [5, 5.41) is 11.0. The number of hydrogen-bond donors (Lipinski definition) is 1. The van der Waals surface area contributed by atoms with Gasteiger partial charge in [0.2, 0.25) is 0 Å². The highest BCUT2D eigenvalue weighted by Gasteiger charge is 2.43. The Hall–Kier alpha value is -3.64. The molecule has 0 saturated heterocycles. The molecule has 232 valence electrons. The van der Waals surface area contributed by atoms with E-state index in [9.17, 15) is 5.11 Å². The predicted molar refractivity (Wildman–Crippen MR) is 192 cm³/mol. The molecule has 4 rings (SSSR count). The van der Waals surface area contributed by atoms with Gasteiger partial charge < -0.3 is 24.7 Å². The molecule has 44 heavy (non-hydrogen) atoms. The van der Waals surface area contributed by atoms with Crippen LogP contribution in [-0.2, 0) is 5.60 Å². The van der Waals surface area contributed by atoms with Gasteiger partial charge >= 0.3 is 0 Å². The van der Waals surface area contributed by atoms with Crippen LogP contribution in [-0.4, -0.2) is 72.2 Å². The summed E-state index contributed by atoms with van der Waals surface area (Å²) in [6.45, 7) is 0. The Morgan fingerprint density at radius 1 is 0.523 bits per heavy atom. The van der Waals surface area contributed by atoms with Gasteiger partial charge in [0, 0.05) is 79.1 Å². The van der Waals surface area contributed by atoms with Crippen molar-refractivity contribution in [3.05, 3.63) is 125 Å². The third-order valence-corrected chi connectivity index (χ3v) is 9.14. The van der Waals surface area contributed by atoms with Gasteiger partial charge in [-0.25, -0.2) is 0 Å². The highest BCUT2D eigenvalue weighted by atomic mass is 35.5. The fraction of sp³-hybridized carbons (Fsp3) is 0.297. The van der Waals surface area contributed by atoms with E-state index in [4.69, 9.17) is 23.2 Å². The number of nitrogens with zero attached hydrogens (tertiary/aromatic N) is 4. The standard InChI is InChI=1S/C37H44Cl2N4O/c1-40(2)30-17-9-26(10-18-30)34(27-11-19-31(20-12-27)41(3)4)25-35(38)36(39)37(44,28-13-21-32(22-14-28)42(5)6)29-15-23-33(24-16-29)43(7)8/h9-25,35-36,44H,1-8H3. The Labute approximate surface area is 273 Å². The normalized spacial score (nSPS) is 12.7. The molecule has 0 aliphatic carbocycles. The molecule has 0 radical (unpaired) electrons. The number of aliphatic hydroxyl groups is 1. The summed E-state index contributed by atoms with van der Waals surface area (Å²) in [6.07, 6.45) is 1.97. The van der Waals surface area contributed by atoms with Crippen molar-refractivity contribution in [2.45, 2.75) is 16.4 Å². The van der Waals surface area contributed by atoms with Gasteiger partial charge in [-0.3, -0.25) is 0 Å². The van der Waals surface area contributed by atoms with Crippen molar-refractivity contribution >= 4 is 51.5 Å². The van der Waals surface area contributed by atoms with Crippen molar-refractivity contribution in [2.24, 2.45) is 0 Å². The zero-order valence-corrected chi connectivity index (χ0v) is 28.5. The van der Waals surface area contributed by atoms with Crippen molar-refractivity contribution in [3.63, 3.8) is 0 Å². The summed E-state index contributed by atoms with van der Waals surface area (Å²) in [7, 11) is 16.0. The highest BCUT2D eigenvalue weighted by molar-refractivity contribution is 6.32. The van der Waals surface area contributed by atoms with Crippen LogP contribution < -0.4 is 19.6 Å². The molecule has 4 aromatic rings. The van der Waals surface area contributed by atoms with Gasteiger partial charge in [-0.05, 0) is 76.4 Å². The van der Waals surface area contributed by atoms with E-state index in [0.29, 0.717) is 11.1 Å². The maximum absolute atomic E-state index is 12.6. The maximum atomic E-state index is 12.6. The lowest BCUT2D eigenvalue weighted by atomic mass is 9.81. The van der Waals surface area contributed by atoms with E-state index in [-0.39, 0.29) is 0 Å². The highest BCUT2D eigenvalue weighted by Crippen LogP contribution is 2.41. The minimum Gasteiger partial charge on any atom is -0.379 e. The van der Waals surface area contributed by atoms with E-state index in [1.54, 1.807) is 0 Å². The SMILES string of the molecule is CN(C)c1ccc(C(=CC(Cl)C(Cl)C(O)(c2ccc(N(C)C)cc2)c2ccc(N(C)C)cc2)c2ccc(N(C)C)cc2)cc1. The first-order chi connectivity index (χ1) is 20.8. The van der Waals surface area contributed by atoms with Crippen LogP contribution in [0.15, 0.2) is 103 Å². The monoisotopic (exact) mass is 630 g/mol. The third kappa shape index (κ3) is 7.18. The van der Waals surface area contributed by atoms with E-state index in [0.717, 1.165) is 39.4 Å². The van der Waals surface area contributed by atoms with Crippen LogP contribution >= 0.6 is 23.2 Å². The second-order valence-electron chi connectivity index (χ2n) is 12.0. The van der Waals surface area contributed by atoms with Crippen molar-refractivity contribution in [2.75, 3.05) is 76.0 Å².